The molecule has 0 bridgehead atoms. The van der Waals surface area contributed by atoms with Crippen molar-refractivity contribution in [1.29, 1.82) is 0 Å². The average Bonchev–Trinajstić information content (AvgIpc) is 3.17. The van der Waals surface area contributed by atoms with Crippen molar-refractivity contribution < 1.29 is 4.79 Å². The van der Waals surface area contributed by atoms with Gasteiger partial charge in [0.25, 0.3) is 5.91 Å². The fourth-order valence-corrected chi connectivity index (χ4v) is 2.63. The van der Waals surface area contributed by atoms with Crippen LogP contribution in [-0.4, -0.2) is 15.5 Å². The monoisotopic (exact) mass is 373 g/mol. The Morgan fingerprint density at radius 2 is 2.15 bits per heavy atom. The second kappa shape index (κ2) is 5.39. The first-order valence-corrected chi connectivity index (χ1v) is 7.59. The fourth-order valence-electron chi connectivity index (χ4n) is 1.97. The molecule has 0 spiro atoms. The molecule has 1 amide bonds. The molecule has 0 radical (unpaired) electrons. The Morgan fingerprint density at radius 3 is 2.80 bits per heavy atom. The third-order valence-corrected chi connectivity index (χ3v) is 4.38. The van der Waals surface area contributed by atoms with E-state index < -0.39 is 0 Å². The Hall–Kier alpha value is -1.04. The zero-order chi connectivity index (χ0) is 14.3. The molecular weight excluding hydrogens is 365 g/mol. The van der Waals surface area contributed by atoms with Crippen LogP contribution >= 0.6 is 39.1 Å². The summed E-state index contributed by atoms with van der Waals surface area (Å²) in [7, 11) is 0. The maximum atomic E-state index is 12.3. The third-order valence-electron chi connectivity index (χ3n) is 3.04. The first-order valence-electron chi connectivity index (χ1n) is 6.04. The predicted molar refractivity (Wildman–Crippen MR) is 82.6 cm³/mol. The summed E-state index contributed by atoms with van der Waals surface area (Å²) in [5.41, 5.74) is 1.13. The molecule has 1 saturated carbocycles. The van der Waals surface area contributed by atoms with E-state index in [0.29, 0.717) is 32.1 Å². The van der Waals surface area contributed by atoms with Crippen LogP contribution < -0.4 is 5.32 Å². The van der Waals surface area contributed by atoms with Gasteiger partial charge in [-0.05, 0) is 40.9 Å². The van der Waals surface area contributed by atoms with Crippen LogP contribution in [0.25, 0.3) is 0 Å². The van der Waals surface area contributed by atoms with E-state index in [1.165, 1.54) is 6.20 Å². The van der Waals surface area contributed by atoms with Gasteiger partial charge in [0.15, 0.2) is 0 Å². The minimum atomic E-state index is -0.208. The molecule has 2 heterocycles. The fraction of sp³-hybridized carbons (Fsp3) is 0.231. The molecule has 20 heavy (non-hydrogen) atoms. The van der Waals surface area contributed by atoms with Gasteiger partial charge in [0.05, 0.1) is 21.4 Å². The van der Waals surface area contributed by atoms with E-state index in [1.54, 1.807) is 18.3 Å². The second-order valence-corrected chi connectivity index (χ2v) is 6.28. The quantitative estimate of drug-likeness (QED) is 0.801. The van der Waals surface area contributed by atoms with Gasteiger partial charge in [0.1, 0.15) is 10.8 Å². The molecule has 2 aromatic heterocycles. The Labute approximate surface area is 134 Å². The number of halogens is 3. The zero-order valence-corrected chi connectivity index (χ0v) is 13.3. The van der Waals surface area contributed by atoms with Crippen molar-refractivity contribution in [3.63, 3.8) is 0 Å². The summed E-state index contributed by atoms with van der Waals surface area (Å²) < 4.78 is 2.56. The van der Waals surface area contributed by atoms with E-state index in [9.17, 15) is 4.79 Å². The van der Waals surface area contributed by atoms with Crippen molar-refractivity contribution in [1.82, 2.24) is 9.55 Å². The molecule has 4 nitrogen and oxygen atoms in total. The number of hydrogen-bond acceptors (Lipinski definition) is 2. The maximum Gasteiger partial charge on any atom is 0.272 e. The molecule has 1 fully saturated rings. The maximum absolute atomic E-state index is 12.3. The van der Waals surface area contributed by atoms with E-state index in [2.05, 4.69) is 26.2 Å². The van der Waals surface area contributed by atoms with Gasteiger partial charge in [-0.2, -0.15) is 0 Å². The highest BCUT2D eigenvalue weighted by molar-refractivity contribution is 9.10. The summed E-state index contributed by atoms with van der Waals surface area (Å²) >= 11 is 15.1. The lowest BCUT2D eigenvalue weighted by Crippen LogP contribution is -2.16. The molecule has 1 aliphatic rings. The van der Waals surface area contributed by atoms with Crippen molar-refractivity contribution in [2.75, 3.05) is 5.32 Å². The molecule has 7 heteroatoms. The highest BCUT2D eigenvalue weighted by Gasteiger charge is 2.27. The Kier molecular flexibility index (Phi) is 3.75. The number of carbonyl (C=O) groups is 1. The van der Waals surface area contributed by atoms with Crippen molar-refractivity contribution in [3.05, 3.63) is 44.9 Å². The summed E-state index contributed by atoms with van der Waals surface area (Å²) in [4.78, 5) is 16.3. The molecule has 3 rings (SSSR count). The molecule has 1 N–H and O–H groups in total. The van der Waals surface area contributed by atoms with Crippen molar-refractivity contribution >= 4 is 50.7 Å². The van der Waals surface area contributed by atoms with Gasteiger partial charge in [-0.25, -0.2) is 4.98 Å². The van der Waals surface area contributed by atoms with Gasteiger partial charge in [0, 0.05) is 12.2 Å². The van der Waals surface area contributed by atoms with E-state index in [4.69, 9.17) is 23.2 Å². The zero-order valence-electron chi connectivity index (χ0n) is 10.2. The van der Waals surface area contributed by atoms with Crippen LogP contribution in [-0.2, 0) is 0 Å². The van der Waals surface area contributed by atoms with Crippen molar-refractivity contribution in [2.24, 2.45) is 0 Å². The van der Waals surface area contributed by atoms with E-state index >= 15 is 0 Å². The smallest absolute Gasteiger partial charge is 0.272 e. The lowest BCUT2D eigenvalue weighted by molar-refractivity contribution is 0.101. The molecule has 0 atom stereocenters. The van der Waals surface area contributed by atoms with Crippen molar-refractivity contribution in [2.45, 2.75) is 18.9 Å². The van der Waals surface area contributed by atoms with E-state index in [1.807, 2.05) is 4.57 Å². The Morgan fingerprint density at radius 1 is 1.40 bits per heavy atom. The van der Waals surface area contributed by atoms with Gasteiger partial charge in [0.2, 0.25) is 0 Å². The molecular formula is C13H10BrCl2N3O. The topological polar surface area (TPSA) is 46.9 Å². The van der Waals surface area contributed by atoms with Crippen LogP contribution in [0.4, 0.5) is 5.69 Å². The lowest BCUT2D eigenvalue weighted by Gasteiger charge is -2.09. The van der Waals surface area contributed by atoms with Gasteiger partial charge in [-0.1, -0.05) is 23.2 Å². The lowest BCUT2D eigenvalue weighted by atomic mass is 10.3. The largest absolute Gasteiger partial charge is 0.339 e. The first-order chi connectivity index (χ1) is 9.54. The Bertz CT molecular complexity index is 682. The number of anilines is 1. The SMILES string of the molecule is O=C(Nc1cnc(Cl)c(Br)c1)c1cc(Cl)cn1C1CC1. The molecule has 0 aliphatic heterocycles. The number of nitrogens with zero attached hydrogens (tertiary/aromatic N) is 2. The van der Waals surface area contributed by atoms with E-state index in [-0.39, 0.29) is 5.91 Å². The highest BCUT2D eigenvalue weighted by Crippen LogP contribution is 2.37. The molecule has 1 aliphatic carbocycles. The van der Waals surface area contributed by atoms with Gasteiger partial charge >= 0.3 is 0 Å². The number of hydrogen-bond donors (Lipinski definition) is 1. The van der Waals surface area contributed by atoms with Crippen LogP contribution in [0.1, 0.15) is 29.4 Å². The van der Waals surface area contributed by atoms with Crippen molar-refractivity contribution in [3.8, 4) is 0 Å². The summed E-state index contributed by atoms with van der Waals surface area (Å²) in [5.74, 6) is -0.208. The molecule has 0 aromatic carbocycles. The average molecular weight is 375 g/mol. The highest BCUT2D eigenvalue weighted by atomic mass is 79.9. The molecule has 0 unspecified atom stereocenters. The van der Waals surface area contributed by atoms with Crippen LogP contribution in [0, 0.1) is 0 Å². The van der Waals surface area contributed by atoms with Crippen LogP contribution in [0.15, 0.2) is 29.0 Å². The van der Waals surface area contributed by atoms with Gasteiger partial charge in [-0.15, -0.1) is 0 Å². The summed E-state index contributed by atoms with van der Waals surface area (Å²) in [5, 5.41) is 3.71. The Balaban J connectivity index is 1.84. The summed E-state index contributed by atoms with van der Waals surface area (Å²) in [6.07, 6.45) is 5.47. The number of amides is 1. The third kappa shape index (κ3) is 2.85. The standard InChI is InChI=1S/C13H10BrCl2N3O/c14-10-4-8(5-17-12(10)16)18-13(20)11-3-7(15)6-19(11)9-1-2-9/h3-6,9H,1-2H2,(H,18,20). The second-order valence-electron chi connectivity index (χ2n) is 4.63. The number of nitrogens with one attached hydrogen (secondary N) is 1. The normalized spacial score (nSPS) is 14.3. The molecule has 104 valence electrons. The van der Waals surface area contributed by atoms with Crippen LogP contribution in [0.5, 0.6) is 0 Å². The molecule has 0 saturated heterocycles. The van der Waals surface area contributed by atoms with Gasteiger partial charge in [-0.3, -0.25) is 4.79 Å². The number of carbonyl (C=O) groups excluding carboxylic acids is 1. The summed E-state index contributed by atoms with van der Waals surface area (Å²) in [6.45, 7) is 0. The first kappa shape index (κ1) is 13.9. The number of pyridine rings is 1. The van der Waals surface area contributed by atoms with Gasteiger partial charge < -0.3 is 9.88 Å². The van der Waals surface area contributed by atoms with E-state index in [0.717, 1.165) is 12.8 Å². The minimum absolute atomic E-state index is 0.208. The van der Waals surface area contributed by atoms with Crippen LogP contribution in [0.2, 0.25) is 10.2 Å². The molecule has 2 aromatic rings. The minimum Gasteiger partial charge on any atom is -0.339 e. The number of rotatable bonds is 3. The number of aromatic nitrogens is 2. The summed E-state index contributed by atoms with van der Waals surface area (Å²) in [6, 6.07) is 3.77. The van der Waals surface area contributed by atoms with Crippen LogP contribution in [0.3, 0.4) is 0 Å². The predicted octanol–water partition coefficient (Wildman–Crippen LogP) is 4.54.